The van der Waals surface area contributed by atoms with Crippen LogP contribution >= 0.6 is 0 Å². The number of carbonyl (C=O) groups is 2. The van der Waals surface area contributed by atoms with E-state index in [0.717, 1.165) is 13.1 Å². The first-order chi connectivity index (χ1) is 12.7. The quantitative estimate of drug-likeness (QED) is 0.462. The van der Waals surface area contributed by atoms with E-state index in [2.05, 4.69) is 21.3 Å². The van der Waals surface area contributed by atoms with Gasteiger partial charge in [0.25, 0.3) is 0 Å². The minimum absolute atomic E-state index is 0.112. The summed E-state index contributed by atoms with van der Waals surface area (Å²) in [5.74, 6) is -0.223. The van der Waals surface area contributed by atoms with Crippen LogP contribution in [0.3, 0.4) is 0 Å². The molecule has 1 aliphatic rings. The van der Waals surface area contributed by atoms with Crippen molar-refractivity contribution in [2.24, 2.45) is 0 Å². The summed E-state index contributed by atoms with van der Waals surface area (Å²) < 4.78 is 0. The van der Waals surface area contributed by atoms with Gasteiger partial charge < -0.3 is 21.3 Å². The summed E-state index contributed by atoms with van der Waals surface area (Å²) in [6.45, 7) is 2.85. The first kappa shape index (κ1) is 18.1. The first-order valence-corrected chi connectivity index (χ1v) is 8.81. The number of carbonyl (C=O) groups excluding carboxylic acids is 2. The van der Waals surface area contributed by atoms with E-state index in [9.17, 15) is 9.59 Å². The van der Waals surface area contributed by atoms with Gasteiger partial charge in [-0.15, -0.1) is 0 Å². The lowest BCUT2D eigenvalue weighted by molar-refractivity contribution is 0.0980. The van der Waals surface area contributed by atoms with Crippen LogP contribution in [0.2, 0.25) is 0 Å². The first-order valence-electron chi connectivity index (χ1n) is 8.81. The lowest BCUT2D eigenvalue weighted by Gasteiger charge is -2.24. The van der Waals surface area contributed by atoms with Crippen LogP contribution in [-0.4, -0.2) is 51.8 Å². The Labute approximate surface area is 153 Å². The Morgan fingerprint density at radius 3 is 1.46 bits per heavy atom. The molecule has 0 bridgehead atoms. The minimum Gasteiger partial charge on any atom is -0.383 e. The van der Waals surface area contributed by atoms with Crippen LogP contribution in [0.25, 0.3) is 0 Å². The van der Waals surface area contributed by atoms with Gasteiger partial charge in [-0.3, -0.25) is 9.59 Å². The zero-order valence-corrected chi connectivity index (χ0v) is 15.1. The average molecular weight is 352 g/mol. The number of hydrogen-bond donors (Lipinski definition) is 4. The van der Waals surface area contributed by atoms with Gasteiger partial charge in [0.1, 0.15) is 0 Å². The summed E-state index contributed by atoms with van der Waals surface area (Å²) in [7, 11) is 3.74. The Kier molecular flexibility index (Phi) is 5.65. The van der Waals surface area contributed by atoms with E-state index in [4.69, 9.17) is 0 Å². The fourth-order valence-corrected chi connectivity index (χ4v) is 3.16. The summed E-state index contributed by atoms with van der Waals surface area (Å²) in [6, 6.07) is 10.8. The van der Waals surface area contributed by atoms with Gasteiger partial charge in [0, 0.05) is 48.7 Å². The molecule has 6 nitrogen and oxygen atoms in total. The Morgan fingerprint density at radius 1 is 0.654 bits per heavy atom. The molecule has 0 heterocycles. The predicted octanol–water partition coefficient (Wildman–Crippen LogP) is 1.72. The van der Waals surface area contributed by atoms with Crippen molar-refractivity contribution in [2.45, 2.75) is 0 Å². The van der Waals surface area contributed by atoms with Gasteiger partial charge in [0.05, 0.1) is 11.1 Å². The number of likely N-dealkylation sites (N-methyl/N-ethyl adjacent to an activating group) is 2. The third-order valence-corrected chi connectivity index (χ3v) is 4.46. The van der Waals surface area contributed by atoms with E-state index in [1.54, 1.807) is 24.3 Å². The zero-order chi connectivity index (χ0) is 18.5. The molecule has 0 spiro atoms. The largest absolute Gasteiger partial charge is 0.383 e. The number of fused-ring (bicyclic) bond motifs is 2. The molecular formula is C20H24N4O2. The molecule has 2 aromatic rings. The lowest BCUT2D eigenvalue weighted by Crippen LogP contribution is -2.26. The molecule has 0 aliphatic heterocycles. The fourth-order valence-electron chi connectivity index (χ4n) is 3.16. The maximum Gasteiger partial charge on any atom is 0.196 e. The van der Waals surface area contributed by atoms with Crippen LogP contribution in [0.1, 0.15) is 31.8 Å². The number of anilines is 2. The van der Waals surface area contributed by atoms with E-state index < -0.39 is 0 Å². The molecule has 0 radical (unpaired) electrons. The highest BCUT2D eigenvalue weighted by Crippen LogP contribution is 2.36. The topological polar surface area (TPSA) is 82.3 Å². The lowest BCUT2D eigenvalue weighted by atomic mass is 9.82. The van der Waals surface area contributed by atoms with E-state index in [1.807, 2.05) is 26.2 Å². The molecule has 4 N–H and O–H groups in total. The van der Waals surface area contributed by atoms with E-state index >= 15 is 0 Å². The van der Waals surface area contributed by atoms with Crippen LogP contribution in [-0.2, 0) is 0 Å². The number of rotatable bonds is 8. The molecule has 0 unspecified atom stereocenters. The average Bonchev–Trinajstić information content (AvgIpc) is 2.67. The third kappa shape index (κ3) is 3.34. The highest BCUT2D eigenvalue weighted by molar-refractivity contribution is 6.31. The Morgan fingerprint density at radius 2 is 1.08 bits per heavy atom. The second-order valence-electron chi connectivity index (χ2n) is 6.18. The Bertz CT molecular complexity index is 765. The summed E-state index contributed by atoms with van der Waals surface area (Å²) in [6.07, 6.45) is 0. The standard InChI is InChI=1S/C20H24N4O2/c1-21-9-11-23-15-7-8-16(24-12-10-22-2)18-17(15)19(25)13-5-3-4-6-14(13)20(18)26/h3-8,21-24H,9-12H2,1-2H3. The summed E-state index contributed by atoms with van der Waals surface area (Å²) in [5, 5.41) is 12.7. The van der Waals surface area contributed by atoms with Crippen LogP contribution in [0, 0.1) is 0 Å². The number of ketones is 2. The van der Waals surface area contributed by atoms with Crippen LogP contribution in [0.5, 0.6) is 0 Å². The molecule has 3 rings (SSSR count). The number of nitrogens with one attached hydrogen (secondary N) is 4. The Balaban J connectivity index is 2.07. The summed E-state index contributed by atoms with van der Waals surface area (Å²) >= 11 is 0. The second kappa shape index (κ2) is 8.12. The molecule has 0 fully saturated rings. The van der Waals surface area contributed by atoms with Crippen molar-refractivity contribution in [3.8, 4) is 0 Å². The van der Waals surface area contributed by atoms with Crippen LogP contribution in [0.15, 0.2) is 36.4 Å². The van der Waals surface area contributed by atoms with Gasteiger partial charge in [-0.25, -0.2) is 0 Å². The van der Waals surface area contributed by atoms with Crippen molar-refractivity contribution < 1.29 is 9.59 Å². The molecule has 26 heavy (non-hydrogen) atoms. The fraction of sp³-hybridized carbons (Fsp3) is 0.300. The monoisotopic (exact) mass is 352 g/mol. The molecule has 0 atom stereocenters. The summed E-state index contributed by atoms with van der Waals surface area (Å²) in [5.41, 5.74) is 3.24. The van der Waals surface area contributed by atoms with Crippen LogP contribution in [0.4, 0.5) is 11.4 Å². The van der Waals surface area contributed by atoms with Gasteiger partial charge in [0.15, 0.2) is 11.6 Å². The molecule has 6 heteroatoms. The van der Waals surface area contributed by atoms with E-state index in [1.165, 1.54) is 0 Å². The van der Waals surface area contributed by atoms with Gasteiger partial charge in [-0.05, 0) is 26.2 Å². The highest BCUT2D eigenvalue weighted by Gasteiger charge is 2.33. The highest BCUT2D eigenvalue weighted by atomic mass is 16.1. The van der Waals surface area contributed by atoms with Crippen molar-refractivity contribution in [1.29, 1.82) is 0 Å². The van der Waals surface area contributed by atoms with Crippen molar-refractivity contribution in [3.05, 3.63) is 58.7 Å². The van der Waals surface area contributed by atoms with Gasteiger partial charge in [0.2, 0.25) is 0 Å². The molecule has 0 saturated heterocycles. The SMILES string of the molecule is CNCCNc1ccc(NCCNC)c2c1C(=O)c1ccccc1C2=O. The second-order valence-corrected chi connectivity index (χ2v) is 6.18. The zero-order valence-electron chi connectivity index (χ0n) is 15.1. The third-order valence-electron chi connectivity index (χ3n) is 4.46. The molecule has 0 amide bonds. The maximum atomic E-state index is 13.1. The van der Waals surface area contributed by atoms with E-state index in [0.29, 0.717) is 46.7 Å². The van der Waals surface area contributed by atoms with Crippen molar-refractivity contribution in [1.82, 2.24) is 10.6 Å². The molecule has 2 aromatic carbocycles. The van der Waals surface area contributed by atoms with Crippen molar-refractivity contribution >= 4 is 22.9 Å². The predicted molar refractivity (Wildman–Crippen MR) is 105 cm³/mol. The van der Waals surface area contributed by atoms with E-state index in [-0.39, 0.29) is 11.6 Å². The Hall–Kier alpha value is -2.70. The normalized spacial score (nSPS) is 12.5. The molecule has 1 aliphatic carbocycles. The molecule has 0 aromatic heterocycles. The van der Waals surface area contributed by atoms with Crippen LogP contribution < -0.4 is 21.3 Å². The van der Waals surface area contributed by atoms with Gasteiger partial charge >= 0.3 is 0 Å². The van der Waals surface area contributed by atoms with Gasteiger partial charge in [-0.1, -0.05) is 24.3 Å². The number of benzene rings is 2. The molecule has 136 valence electrons. The maximum absolute atomic E-state index is 13.1. The van der Waals surface area contributed by atoms with Crippen molar-refractivity contribution in [3.63, 3.8) is 0 Å². The molecule has 0 saturated carbocycles. The van der Waals surface area contributed by atoms with Gasteiger partial charge in [-0.2, -0.15) is 0 Å². The minimum atomic E-state index is -0.112. The summed E-state index contributed by atoms with van der Waals surface area (Å²) in [4.78, 5) is 26.3. The molecular weight excluding hydrogens is 328 g/mol. The van der Waals surface area contributed by atoms with Crippen molar-refractivity contribution in [2.75, 3.05) is 50.9 Å². The smallest absolute Gasteiger partial charge is 0.196 e. The number of hydrogen-bond acceptors (Lipinski definition) is 6.